The number of hydrogen-bond donors (Lipinski definition) is 1. The quantitative estimate of drug-likeness (QED) is 0.771. The van der Waals surface area contributed by atoms with Crippen molar-refractivity contribution in [2.45, 2.75) is 13.8 Å². The van der Waals surface area contributed by atoms with E-state index >= 15 is 0 Å². The highest BCUT2D eigenvalue weighted by Gasteiger charge is 2.06. The van der Waals surface area contributed by atoms with Crippen LogP contribution in [0.5, 0.6) is 11.5 Å². The van der Waals surface area contributed by atoms with Crippen LogP contribution in [0.25, 0.3) is 6.08 Å². The standard InChI is InChI=1S/C19H20ClNO3/c1-4-24-17-10-8-14(12-18(17)23-3)9-11-19(22)21-16-7-5-6-15(20)13(16)2/h5-12H,4H2,1-3H3,(H,21,22)/b11-9+. The van der Waals surface area contributed by atoms with Crippen molar-refractivity contribution in [1.29, 1.82) is 0 Å². The summed E-state index contributed by atoms with van der Waals surface area (Å²) in [5.41, 5.74) is 2.37. The fourth-order valence-corrected chi connectivity index (χ4v) is 2.33. The summed E-state index contributed by atoms with van der Waals surface area (Å²) in [6.07, 6.45) is 3.18. The van der Waals surface area contributed by atoms with Crippen LogP contribution >= 0.6 is 11.6 Å². The molecular weight excluding hydrogens is 326 g/mol. The molecule has 4 nitrogen and oxygen atoms in total. The molecule has 0 bridgehead atoms. The molecule has 126 valence electrons. The average Bonchev–Trinajstić information content (AvgIpc) is 2.58. The molecule has 24 heavy (non-hydrogen) atoms. The molecule has 0 aliphatic heterocycles. The van der Waals surface area contributed by atoms with E-state index in [0.717, 1.165) is 11.1 Å². The van der Waals surface area contributed by atoms with Gasteiger partial charge in [-0.1, -0.05) is 23.7 Å². The number of carbonyl (C=O) groups excluding carboxylic acids is 1. The van der Waals surface area contributed by atoms with Gasteiger partial charge >= 0.3 is 0 Å². The third-order valence-electron chi connectivity index (χ3n) is 3.44. The van der Waals surface area contributed by atoms with E-state index in [1.807, 2.05) is 38.1 Å². The van der Waals surface area contributed by atoms with E-state index in [4.69, 9.17) is 21.1 Å². The lowest BCUT2D eigenvalue weighted by atomic mass is 10.1. The van der Waals surface area contributed by atoms with Crippen LogP contribution in [0.2, 0.25) is 5.02 Å². The summed E-state index contributed by atoms with van der Waals surface area (Å²) >= 11 is 6.05. The van der Waals surface area contributed by atoms with Gasteiger partial charge in [-0.3, -0.25) is 4.79 Å². The first-order chi connectivity index (χ1) is 11.5. The molecule has 0 aliphatic rings. The van der Waals surface area contributed by atoms with Gasteiger partial charge in [0.1, 0.15) is 0 Å². The molecule has 0 atom stereocenters. The van der Waals surface area contributed by atoms with E-state index in [1.165, 1.54) is 6.08 Å². The Labute approximate surface area is 147 Å². The number of halogens is 1. The van der Waals surface area contributed by atoms with Crippen LogP contribution < -0.4 is 14.8 Å². The van der Waals surface area contributed by atoms with Crippen LogP contribution in [0.3, 0.4) is 0 Å². The molecule has 2 aromatic carbocycles. The minimum Gasteiger partial charge on any atom is -0.493 e. The zero-order valence-electron chi connectivity index (χ0n) is 13.9. The van der Waals surface area contributed by atoms with Crippen molar-refractivity contribution in [1.82, 2.24) is 0 Å². The summed E-state index contributed by atoms with van der Waals surface area (Å²) in [6.45, 7) is 4.33. The van der Waals surface area contributed by atoms with E-state index in [1.54, 1.807) is 25.3 Å². The Morgan fingerprint density at radius 1 is 1.25 bits per heavy atom. The maximum atomic E-state index is 12.1. The third-order valence-corrected chi connectivity index (χ3v) is 3.85. The van der Waals surface area contributed by atoms with E-state index in [-0.39, 0.29) is 5.91 Å². The molecule has 1 N–H and O–H groups in total. The maximum Gasteiger partial charge on any atom is 0.248 e. The number of nitrogens with one attached hydrogen (secondary N) is 1. The Hall–Kier alpha value is -2.46. The summed E-state index contributed by atoms with van der Waals surface area (Å²) < 4.78 is 10.8. The molecule has 2 rings (SSSR count). The van der Waals surface area contributed by atoms with Gasteiger partial charge in [0, 0.05) is 16.8 Å². The van der Waals surface area contributed by atoms with Crippen molar-refractivity contribution in [3.8, 4) is 11.5 Å². The number of rotatable bonds is 6. The van der Waals surface area contributed by atoms with Crippen LogP contribution in [-0.2, 0) is 4.79 Å². The molecule has 0 unspecified atom stereocenters. The minimum absolute atomic E-state index is 0.229. The fraction of sp³-hybridized carbons (Fsp3) is 0.211. The molecular formula is C19H20ClNO3. The number of carbonyl (C=O) groups is 1. The van der Waals surface area contributed by atoms with Gasteiger partial charge in [-0.15, -0.1) is 0 Å². The first kappa shape index (κ1) is 17.9. The van der Waals surface area contributed by atoms with Crippen LogP contribution in [0.4, 0.5) is 5.69 Å². The van der Waals surface area contributed by atoms with Gasteiger partial charge in [0.25, 0.3) is 0 Å². The first-order valence-corrected chi connectivity index (χ1v) is 7.98. The van der Waals surface area contributed by atoms with Gasteiger partial charge in [0.2, 0.25) is 5.91 Å². The number of ether oxygens (including phenoxy) is 2. The molecule has 0 aliphatic carbocycles. The van der Waals surface area contributed by atoms with Gasteiger partial charge in [0.15, 0.2) is 11.5 Å². The zero-order chi connectivity index (χ0) is 17.5. The SMILES string of the molecule is CCOc1ccc(/C=C/C(=O)Nc2cccc(Cl)c2C)cc1OC. The molecule has 0 aromatic heterocycles. The van der Waals surface area contributed by atoms with Crippen LogP contribution in [0.1, 0.15) is 18.1 Å². The Bertz CT molecular complexity index is 756. The molecule has 0 heterocycles. The van der Waals surface area contributed by atoms with Gasteiger partial charge in [-0.25, -0.2) is 0 Å². The summed E-state index contributed by atoms with van der Waals surface area (Å²) in [5, 5.41) is 3.43. The second-order valence-corrected chi connectivity index (χ2v) is 5.49. The van der Waals surface area contributed by atoms with Gasteiger partial charge < -0.3 is 14.8 Å². The highest BCUT2D eigenvalue weighted by Crippen LogP contribution is 2.28. The number of benzene rings is 2. The molecule has 0 radical (unpaired) electrons. The monoisotopic (exact) mass is 345 g/mol. The van der Waals surface area contributed by atoms with Crippen molar-refractivity contribution in [2.75, 3.05) is 19.0 Å². The summed E-state index contributed by atoms with van der Waals surface area (Å²) in [6, 6.07) is 10.9. The van der Waals surface area contributed by atoms with Gasteiger partial charge in [-0.2, -0.15) is 0 Å². The Morgan fingerprint density at radius 2 is 2.04 bits per heavy atom. The Morgan fingerprint density at radius 3 is 2.75 bits per heavy atom. The molecule has 0 saturated carbocycles. The minimum atomic E-state index is -0.229. The maximum absolute atomic E-state index is 12.1. The highest BCUT2D eigenvalue weighted by molar-refractivity contribution is 6.31. The van der Waals surface area contributed by atoms with Gasteiger partial charge in [-0.05, 0) is 55.3 Å². The Kier molecular flexibility index (Phi) is 6.27. The molecule has 0 fully saturated rings. The first-order valence-electron chi connectivity index (χ1n) is 7.60. The molecule has 2 aromatic rings. The van der Waals surface area contributed by atoms with Crippen LogP contribution in [-0.4, -0.2) is 19.6 Å². The molecule has 1 amide bonds. The number of hydrogen-bond acceptors (Lipinski definition) is 3. The van der Waals surface area contributed by atoms with Gasteiger partial charge in [0.05, 0.1) is 13.7 Å². The number of anilines is 1. The molecule has 5 heteroatoms. The number of methoxy groups -OCH3 is 1. The normalized spacial score (nSPS) is 10.7. The van der Waals surface area contributed by atoms with E-state index in [9.17, 15) is 4.79 Å². The second kappa shape index (κ2) is 8.41. The van der Waals surface area contributed by atoms with Crippen molar-refractivity contribution >= 4 is 29.3 Å². The lowest BCUT2D eigenvalue weighted by molar-refractivity contribution is -0.111. The van der Waals surface area contributed by atoms with E-state index < -0.39 is 0 Å². The fourth-order valence-electron chi connectivity index (χ4n) is 2.15. The van der Waals surface area contributed by atoms with Crippen molar-refractivity contribution in [3.05, 3.63) is 58.6 Å². The van der Waals surface area contributed by atoms with Crippen LogP contribution in [0, 0.1) is 6.92 Å². The summed E-state index contributed by atoms with van der Waals surface area (Å²) in [4.78, 5) is 12.1. The lowest BCUT2D eigenvalue weighted by Gasteiger charge is -2.09. The van der Waals surface area contributed by atoms with E-state index in [2.05, 4.69) is 5.32 Å². The highest BCUT2D eigenvalue weighted by atomic mass is 35.5. The predicted octanol–water partition coefficient (Wildman–Crippen LogP) is 4.71. The van der Waals surface area contributed by atoms with Crippen LogP contribution in [0.15, 0.2) is 42.5 Å². The topological polar surface area (TPSA) is 47.6 Å². The van der Waals surface area contributed by atoms with Crippen molar-refractivity contribution < 1.29 is 14.3 Å². The zero-order valence-corrected chi connectivity index (χ0v) is 14.7. The summed E-state index contributed by atoms with van der Waals surface area (Å²) in [7, 11) is 1.58. The van der Waals surface area contributed by atoms with Crippen molar-refractivity contribution in [2.24, 2.45) is 0 Å². The predicted molar refractivity (Wildman–Crippen MR) is 98.0 cm³/mol. The molecule has 0 saturated heterocycles. The third kappa shape index (κ3) is 4.52. The number of amides is 1. The second-order valence-electron chi connectivity index (χ2n) is 5.08. The summed E-state index contributed by atoms with van der Waals surface area (Å²) in [5.74, 6) is 1.08. The molecule has 0 spiro atoms. The lowest BCUT2D eigenvalue weighted by Crippen LogP contribution is -2.08. The van der Waals surface area contributed by atoms with E-state index in [0.29, 0.717) is 28.8 Å². The smallest absolute Gasteiger partial charge is 0.248 e. The largest absolute Gasteiger partial charge is 0.493 e. The Balaban J connectivity index is 2.10. The average molecular weight is 346 g/mol. The van der Waals surface area contributed by atoms with Crippen molar-refractivity contribution in [3.63, 3.8) is 0 Å².